The standard InChI is InChI=1S/C17H17N5O2/c23-16-14-11-19-17(21-7-9-24-10-8-21)20-15(14)4-6-22(16)12-13-3-1-2-5-18-13/h1-6,11H,7-10,12H2. The lowest BCUT2D eigenvalue weighted by Crippen LogP contribution is -2.37. The van der Waals surface area contributed by atoms with Crippen LogP contribution in [0.15, 0.2) is 47.7 Å². The summed E-state index contributed by atoms with van der Waals surface area (Å²) in [7, 11) is 0. The van der Waals surface area contributed by atoms with Crippen LogP contribution in [-0.2, 0) is 11.3 Å². The molecule has 0 aliphatic carbocycles. The van der Waals surface area contributed by atoms with Crippen LogP contribution in [0.1, 0.15) is 5.69 Å². The molecular weight excluding hydrogens is 306 g/mol. The Kier molecular flexibility index (Phi) is 3.92. The highest BCUT2D eigenvalue weighted by atomic mass is 16.5. The van der Waals surface area contributed by atoms with Gasteiger partial charge < -0.3 is 14.2 Å². The quantitative estimate of drug-likeness (QED) is 0.718. The molecule has 0 spiro atoms. The van der Waals surface area contributed by atoms with Gasteiger partial charge in [0.25, 0.3) is 5.56 Å². The van der Waals surface area contributed by atoms with E-state index in [1.54, 1.807) is 23.2 Å². The maximum atomic E-state index is 12.6. The summed E-state index contributed by atoms with van der Waals surface area (Å²) in [4.78, 5) is 27.9. The molecule has 1 fully saturated rings. The molecule has 4 rings (SSSR count). The van der Waals surface area contributed by atoms with Gasteiger partial charge in [0, 0.05) is 31.7 Å². The Bertz CT molecular complexity index is 904. The average molecular weight is 323 g/mol. The molecule has 0 atom stereocenters. The molecule has 0 unspecified atom stereocenters. The first-order chi connectivity index (χ1) is 11.8. The van der Waals surface area contributed by atoms with E-state index in [-0.39, 0.29) is 5.56 Å². The van der Waals surface area contributed by atoms with Crippen LogP contribution in [0.4, 0.5) is 5.95 Å². The van der Waals surface area contributed by atoms with Crippen LogP contribution in [0.5, 0.6) is 0 Å². The summed E-state index contributed by atoms with van der Waals surface area (Å²) >= 11 is 0. The minimum atomic E-state index is -0.105. The van der Waals surface area contributed by atoms with E-state index in [2.05, 4.69) is 19.9 Å². The number of ether oxygens (including phenoxy) is 1. The Hall–Kier alpha value is -2.80. The van der Waals surface area contributed by atoms with Gasteiger partial charge in [-0.05, 0) is 18.2 Å². The van der Waals surface area contributed by atoms with Crippen molar-refractivity contribution in [1.29, 1.82) is 0 Å². The molecule has 0 aromatic carbocycles. The molecular formula is C17H17N5O2. The molecule has 0 amide bonds. The lowest BCUT2D eigenvalue weighted by atomic mass is 10.3. The Morgan fingerprint density at radius 3 is 2.79 bits per heavy atom. The smallest absolute Gasteiger partial charge is 0.261 e. The van der Waals surface area contributed by atoms with Crippen LogP contribution in [-0.4, -0.2) is 45.8 Å². The van der Waals surface area contributed by atoms with E-state index < -0.39 is 0 Å². The molecule has 4 heterocycles. The molecule has 1 aliphatic heterocycles. The van der Waals surface area contributed by atoms with E-state index in [1.165, 1.54) is 0 Å². The van der Waals surface area contributed by atoms with Gasteiger partial charge in [-0.2, -0.15) is 0 Å². The Labute approximate surface area is 138 Å². The summed E-state index contributed by atoms with van der Waals surface area (Å²) < 4.78 is 6.97. The highest BCUT2D eigenvalue weighted by molar-refractivity contribution is 5.77. The van der Waals surface area contributed by atoms with Crippen LogP contribution in [0.2, 0.25) is 0 Å². The Morgan fingerprint density at radius 1 is 1.12 bits per heavy atom. The lowest BCUT2D eigenvalue weighted by Gasteiger charge is -2.26. The molecule has 7 heteroatoms. The number of rotatable bonds is 3. The predicted molar refractivity (Wildman–Crippen MR) is 90.2 cm³/mol. The SMILES string of the molecule is O=c1c2cnc(N3CCOCC3)nc2ccn1Cc1ccccn1. The second-order valence-corrected chi connectivity index (χ2v) is 5.64. The zero-order valence-corrected chi connectivity index (χ0v) is 13.1. The van der Waals surface area contributed by atoms with Crippen molar-refractivity contribution in [3.63, 3.8) is 0 Å². The minimum Gasteiger partial charge on any atom is -0.378 e. The van der Waals surface area contributed by atoms with Gasteiger partial charge in [-0.25, -0.2) is 9.97 Å². The molecule has 3 aromatic rings. The monoisotopic (exact) mass is 323 g/mol. The summed E-state index contributed by atoms with van der Waals surface area (Å²) in [5.74, 6) is 0.646. The van der Waals surface area contributed by atoms with Gasteiger partial charge in [-0.3, -0.25) is 9.78 Å². The molecule has 7 nitrogen and oxygen atoms in total. The van der Waals surface area contributed by atoms with Crippen molar-refractivity contribution in [2.45, 2.75) is 6.54 Å². The number of morpholine rings is 1. The van der Waals surface area contributed by atoms with Gasteiger partial charge in [0.2, 0.25) is 5.95 Å². The van der Waals surface area contributed by atoms with Crippen LogP contribution in [0, 0.1) is 0 Å². The van der Waals surface area contributed by atoms with Gasteiger partial charge in [-0.15, -0.1) is 0 Å². The highest BCUT2D eigenvalue weighted by Gasteiger charge is 2.15. The Balaban J connectivity index is 1.68. The third-order valence-electron chi connectivity index (χ3n) is 4.06. The molecule has 0 bridgehead atoms. The van der Waals surface area contributed by atoms with Crippen LogP contribution in [0.3, 0.4) is 0 Å². The van der Waals surface area contributed by atoms with Crippen LogP contribution < -0.4 is 10.5 Å². The lowest BCUT2D eigenvalue weighted by molar-refractivity contribution is 0.122. The fourth-order valence-corrected chi connectivity index (χ4v) is 2.77. The number of hydrogen-bond acceptors (Lipinski definition) is 6. The zero-order chi connectivity index (χ0) is 16.4. The number of hydrogen-bond donors (Lipinski definition) is 0. The van der Waals surface area contributed by atoms with Gasteiger partial charge >= 0.3 is 0 Å². The summed E-state index contributed by atoms with van der Waals surface area (Å²) in [5.41, 5.74) is 1.39. The van der Waals surface area contributed by atoms with Gasteiger partial charge in [0.1, 0.15) is 0 Å². The first-order valence-corrected chi connectivity index (χ1v) is 7.90. The normalized spacial score (nSPS) is 14.9. The van der Waals surface area contributed by atoms with Crippen molar-refractivity contribution < 1.29 is 4.74 Å². The topological polar surface area (TPSA) is 73.1 Å². The molecule has 24 heavy (non-hydrogen) atoms. The number of anilines is 1. The first-order valence-electron chi connectivity index (χ1n) is 7.90. The number of aromatic nitrogens is 4. The van der Waals surface area contributed by atoms with Crippen molar-refractivity contribution in [1.82, 2.24) is 19.5 Å². The summed E-state index contributed by atoms with van der Waals surface area (Å²) in [6.45, 7) is 3.31. The van der Waals surface area contributed by atoms with E-state index in [0.717, 1.165) is 18.8 Å². The van der Waals surface area contributed by atoms with Crippen molar-refractivity contribution >= 4 is 16.9 Å². The maximum absolute atomic E-state index is 12.6. The van der Waals surface area contributed by atoms with E-state index in [0.29, 0.717) is 36.6 Å². The molecule has 0 radical (unpaired) electrons. The molecule has 1 saturated heterocycles. The first kappa shape index (κ1) is 14.8. The molecule has 122 valence electrons. The van der Waals surface area contributed by atoms with Crippen molar-refractivity contribution in [2.24, 2.45) is 0 Å². The van der Waals surface area contributed by atoms with E-state index in [4.69, 9.17) is 4.74 Å². The van der Waals surface area contributed by atoms with Crippen LogP contribution >= 0.6 is 0 Å². The second-order valence-electron chi connectivity index (χ2n) is 5.64. The average Bonchev–Trinajstić information content (AvgIpc) is 2.65. The molecule has 1 aliphatic rings. The third kappa shape index (κ3) is 2.85. The van der Waals surface area contributed by atoms with Gasteiger partial charge in [0.15, 0.2) is 0 Å². The zero-order valence-electron chi connectivity index (χ0n) is 13.1. The molecule has 3 aromatic heterocycles. The van der Waals surface area contributed by atoms with Crippen LogP contribution in [0.25, 0.3) is 10.9 Å². The van der Waals surface area contributed by atoms with Gasteiger partial charge in [-0.1, -0.05) is 6.07 Å². The number of pyridine rings is 2. The molecule has 0 N–H and O–H groups in total. The fourth-order valence-electron chi connectivity index (χ4n) is 2.77. The minimum absolute atomic E-state index is 0.105. The summed E-state index contributed by atoms with van der Waals surface area (Å²) in [5, 5.41) is 0.519. The number of nitrogens with zero attached hydrogens (tertiary/aromatic N) is 5. The van der Waals surface area contributed by atoms with E-state index in [9.17, 15) is 4.79 Å². The third-order valence-corrected chi connectivity index (χ3v) is 4.06. The van der Waals surface area contributed by atoms with Crippen molar-refractivity contribution in [2.75, 3.05) is 31.2 Å². The maximum Gasteiger partial charge on any atom is 0.261 e. The molecule has 0 saturated carbocycles. The number of fused-ring (bicyclic) bond motifs is 1. The Morgan fingerprint density at radius 2 is 2.00 bits per heavy atom. The largest absolute Gasteiger partial charge is 0.378 e. The highest BCUT2D eigenvalue weighted by Crippen LogP contribution is 2.14. The van der Waals surface area contributed by atoms with Gasteiger partial charge in [0.05, 0.1) is 36.4 Å². The fraction of sp³-hybridized carbons (Fsp3) is 0.294. The van der Waals surface area contributed by atoms with Crippen molar-refractivity contribution in [3.8, 4) is 0 Å². The summed E-state index contributed by atoms with van der Waals surface area (Å²) in [6, 6.07) is 7.51. The summed E-state index contributed by atoms with van der Waals surface area (Å²) in [6.07, 6.45) is 5.10. The predicted octanol–water partition coefficient (Wildman–Crippen LogP) is 1.07. The second kappa shape index (κ2) is 6.37. The van der Waals surface area contributed by atoms with E-state index in [1.807, 2.05) is 24.3 Å². The van der Waals surface area contributed by atoms with Crippen molar-refractivity contribution in [3.05, 3.63) is 58.9 Å². The van der Waals surface area contributed by atoms with E-state index >= 15 is 0 Å².